The summed E-state index contributed by atoms with van der Waals surface area (Å²) in [5.41, 5.74) is 1.79. The number of morpholine rings is 1. The number of rotatable bonds is 5. The zero-order chi connectivity index (χ0) is 16.9. The molecule has 2 aromatic rings. The lowest BCUT2D eigenvalue weighted by molar-refractivity contribution is -0.384. The van der Waals surface area contributed by atoms with E-state index >= 15 is 0 Å². The first-order chi connectivity index (χ1) is 11.7. The quantitative estimate of drug-likeness (QED) is 0.643. The second-order valence-electron chi connectivity index (χ2n) is 5.34. The molecule has 2 heterocycles. The van der Waals surface area contributed by atoms with Crippen molar-refractivity contribution in [1.29, 1.82) is 0 Å². The van der Waals surface area contributed by atoms with Crippen molar-refractivity contribution in [2.45, 2.75) is 0 Å². The summed E-state index contributed by atoms with van der Waals surface area (Å²) in [6, 6.07) is 10.8. The van der Waals surface area contributed by atoms with Crippen LogP contribution in [0.5, 0.6) is 0 Å². The van der Waals surface area contributed by atoms with Crippen molar-refractivity contribution in [3.8, 4) is 0 Å². The van der Waals surface area contributed by atoms with Crippen molar-refractivity contribution in [2.75, 3.05) is 48.9 Å². The smallest absolute Gasteiger partial charge is 0.311 e. The number of nitro groups is 1. The Balaban J connectivity index is 1.79. The highest BCUT2D eigenvalue weighted by Crippen LogP contribution is 2.28. The molecule has 1 fully saturated rings. The highest BCUT2D eigenvalue weighted by Gasteiger charge is 2.16. The molecule has 126 valence electrons. The van der Waals surface area contributed by atoms with E-state index < -0.39 is 4.92 Å². The first-order valence-electron chi connectivity index (χ1n) is 7.70. The Morgan fingerprint density at radius 1 is 1.17 bits per heavy atom. The molecule has 1 aromatic heterocycles. The van der Waals surface area contributed by atoms with Gasteiger partial charge in [-0.25, -0.2) is 4.98 Å². The molecule has 1 aliphatic rings. The molecule has 1 aromatic carbocycles. The lowest BCUT2D eigenvalue weighted by Gasteiger charge is -2.28. The number of pyridine rings is 1. The predicted molar refractivity (Wildman–Crippen MR) is 93.2 cm³/mol. The fourth-order valence-corrected chi connectivity index (χ4v) is 2.54. The summed E-state index contributed by atoms with van der Waals surface area (Å²) in [6.07, 6.45) is 0. The molecule has 8 nitrogen and oxygen atoms in total. The van der Waals surface area contributed by atoms with Crippen molar-refractivity contribution in [3.05, 3.63) is 46.5 Å². The topological polar surface area (TPSA) is 92.6 Å². The molecule has 0 bridgehead atoms. The van der Waals surface area contributed by atoms with Gasteiger partial charge in [0.2, 0.25) is 5.82 Å². The maximum Gasteiger partial charge on any atom is 0.311 e. The van der Waals surface area contributed by atoms with Crippen LogP contribution in [0.1, 0.15) is 0 Å². The van der Waals surface area contributed by atoms with Crippen LogP contribution < -0.4 is 15.5 Å². The summed E-state index contributed by atoms with van der Waals surface area (Å²) in [7, 11) is 1.72. The number of nitrogens with zero attached hydrogens (tertiary/aromatic N) is 3. The Kier molecular flexibility index (Phi) is 4.76. The third-order valence-electron chi connectivity index (χ3n) is 3.83. The van der Waals surface area contributed by atoms with Crippen molar-refractivity contribution >= 4 is 28.7 Å². The summed E-state index contributed by atoms with van der Waals surface area (Å²) >= 11 is 0. The normalized spacial score (nSPS) is 14.3. The maximum atomic E-state index is 11.2. The van der Waals surface area contributed by atoms with E-state index in [9.17, 15) is 10.1 Å². The third-order valence-corrected chi connectivity index (χ3v) is 3.83. The van der Waals surface area contributed by atoms with E-state index in [1.807, 2.05) is 24.3 Å². The molecule has 0 spiro atoms. The Morgan fingerprint density at radius 2 is 1.88 bits per heavy atom. The number of nitrogens with one attached hydrogen (secondary N) is 2. The number of hydrogen-bond acceptors (Lipinski definition) is 7. The minimum Gasteiger partial charge on any atom is -0.378 e. The predicted octanol–water partition coefficient (Wildman–Crippen LogP) is 2.61. The first-order valence-corrected chi connectivity index (χ1v) is 7.70. The van der Waals surface area contributed by atoms with E-state index in [0.717, 1.165) is 37.7 Å². The van der Waals surface area contributed by atoms with Crippen LogP contribution in [0.4, 0.5) is 28.7 Å². The minimum absolute atomic E-state index is 0.0637. The van der Waals surface area contributed by atoms with Gasteiger partial charge in [0, 0.05) is 37.6 Å². The Hall–Kier alpha value is -2.87. The summed E-state index contributed by atoms with van der Waals surface area (Å²) in [5.74, 6) is 0.777. The van der Waals surface area contributed by atoms with Gasteiger partial charge in [0.15, 0.2) is 0 Å². The average Bonchev–Trinajstić information content (AvgIpc) is 2.63. The van der Waals surface area contributed by atoms with Crippen LogP contribution in [-0.4, -0.2) is 43.3 Å². The Morgan fingerprint density at radius 3 is 2.50 bits per heavy atom. The Labute approximate surface area is 139 Å². The highest BCUT2D eigenvalue weighted by atomic mass is 16.6. The molecular weight excluding hydrogens is 310 g/mol. The fourth-order valence-electron chi connectivity index (χ4n) is 2.54. The SMILES string of the molecule is CNc1ccc([N+](=O)[O-])c(Nc2ccc(N3CCOCC3)cc2)n1. The maximum absolute atomic E-state index is 11.2. The van der Waals surface area contributed by atoms with E-state index in [4.69, 9.17) is 4.74 Å². The van der Waals surface area contributed by atoms with E-state index in [1.165, 1.54) is 6.07 Å². The monoisotopic (exact) mass is 329 g/mol. The summed E-state index contributed by atoms with van der Waals surface area (Å²) < 4.78 is 5.35. The van der Waals surface area contributed by atoms with E-state index in [2.05, 4.69) is 20.5 Å². The van der Waals surface area contributed by atoms with Crippen LogP contribution >= 0.6 is 0 Å². The van der Waals surface area contributed by atoms with E-state index in [-0.39, 0.29) is 11.5 Å². The van der Waals surface area contributed by atoms with Gasteiger partial charge in [-0.15, -0.1) is 0 Å². The molecule has 0 atom stereocenters. The second-order valence-corrected chi connectivity index (χ2v) is 5.34. The molecule has 3 rings (SSSR count). The molecule has 0 amide bonds. The fraction of sp³-hybridized carbons (Fsp3) is 0.312. The van der Waals surface area contributed by atoms with Crippen molar-refractivity contribution in [3.63, 3.8) is 0 Å². The van der Waals surface area contributed by atoms with Gasteiger partial charge in [0.05, 0.1) is 18.1 Å². The number of ether oxygens (including phenoxy) is 1. The van der Waals surface area contributed by atoms with Crippen LogP contribution in [-0.2, 0) is 4.74 Å². The lowest BCUT2D eigenvalue weighted by atomic mass is 10.2. The van der Waals surface area contributed by atoms with Gasteiger partial charge in [-0.3, -0.25) is 10.1 Å². The van der Waals surface area contributed by atoms with Gasteiger partial charge >= 0.3 is 5.69 Å². The van der Waals surface area contributed by atoms with Gasteiger partial charge in [-0.2, -0.15) is 0 Å². The number of hydrogen-bond donors (Lipinski definition) is 2. The Bertz CT molecular complexity index is 714. The lowest BCUT2D eigenvalue weighted by Crippen LogP contribution is -2.36. The van der Waals surface area contributed by atoms with Gasteiger partial charge in [0.1, 0.15) is 5.82 Å². The van der Waals surface area contributed by atoms with Crippen LogP contribution in [0, 0.1) is 10.1 Å². The van der Waals surface area contributed by atoms with Crippen molar-refractivity contribution < 1.29 is 9.66 Å². The number of benzene rings is 1. The minimum atomic E-state index is -0.448. The van der Waals surface area contributed by atoms with Gasteiger partial charge < -0.3 is 20.3 Å². The molecular formula is C16H19N5O3. The molecule has 0 saturated carbocycles. The zero-order valence-electron chi connectivity index (χ0n) is 13.4. The summed E-state index contributed by atoms with van der Waals surface area (Å²) in [5, 5.41) is 17.1. The molecule has 0 aliphatic carbocycles. The largest absolute Gasteiger partial charge is 0.378 e. The molecule has 1 aliphatic heterocycles. The van der Waals surface area contributed by atoms with Crippen LogP contribution in [0.3, 0.4) is 0 Å². The van der Waals surface area contributed by atoms with Crippen molar-refractivity contribution in [1.82, 2.24) is 4.98 Å². The summed E-state index contributed by atoms with van der Waals surface area (Å²) in [4.78, 5) is 17.2. The van der Waals surface area contributed by atoms with Crippen LogP contribution in [0.25, 0.3) is 0 Å². The molecule has 0 unspecified atom stereocenters. The molecule has 8 heteroatoms. The average molecular weight is 329 g/mol. The standard InChI is InChI=1S/C16H19N5O3/c1-17-15-7-6-14(21(22)23)16(19-15)18-12-2-4-13(5-3-12)20-8-10-24-11-9-20/h2-7H,8-11H2,1H3,(H2,17,18,19). The second kappa shape index (κ2) is 7.14. The van der Waals surface area contributed by atoms with E-state index in [0.29, 0.717) is 5.82 Å². The zero-order valence-corrected chi connectivity index (χ0v) is 13.4. The van der Waals surface area contributed by atoms with Gasteiger partial charge in [0.25, 0.3) is 0 Å². The number of aromatic nitrogens is 1. The van der Waals surface area contributed by atoms with Gasteiger partial charge in [-0.05, 0) is 30.3 Å². The highest BCUT2D eigenvalue weighted by molar-refractivity contribution is 5.69. The van der Waals surface area contributed by atoms with Crippen LogP contribution in [0.2, 0.25) is 0 Å². The first kappa shape index (κ1) is 16.0. The van der Waals surface area contributed by atoms with Crippen molar-refractivity contribution in [2.24, 2.45) is 0 Å². The molecule has 0 radical (unpaired) electrons. The third kappa shape index (κ3) is 3.54. The summed E-state index contributed by atoms with van der Waals surface area (Å²) in [6.45, 7) is 3.19. The number of anilines is 4. The molecule has 2 N–H and O–H groups in total. The molecule has 1 saturated heterocycles. The van der Waals surface area contributed by atoms with Gasteiger partial charge in [-0.1, -0.05) is 0 Å². The van der Waals surface area contributed by atoms with E-state index in [1.54, 1.807) is 13.1 Å². The molecule has 24 heavy (non-hydrogen) atoms. The van der Waals surface area contributed by atoms with Crippen LogP contribution in [0.15, 0.2) is 36.4 Å².